The van der Waals surface area contributed by atoms with Gasteiger partial charge in [0.25, 0.3) is 0 Å². The summed E-state index contributed by atoms with van der Waals surface area (Å²) < 4.78 is 86.5. The lowest BCUT2D eigenvalue weighted by molar-refractivity contribution is -0.123. The summed E-state index contributed by atoms with van der Waals surface area (Å²) in [6, 6.07) is 1.59. The van der Waals surface area contributed by atoms with Gasteiger partial charge in [0.15, 0.2) is 0 Å². The van der Waals surface area contributed by atoms with E-state index in [4.69, 9.17) is 0 Å². The van der Waals surface area contributed by atoms with E-state index in [1.54, 1.807) is 6.92 Å². The molecule has 1 atom stereocenters. The van der Waals surface area contributed by atoms with Gasteiger partial charge in [-0.1, -0.05) is 43.4 Å². The molecule has 3 amide bonds. The third kappa shape index (κ3) is 8.39. The molecule has 0 bridgehead atoms. The van der Waals surface area contributed by atoms with Crippen LogP contribution in [0.1, 0.15) is 65.2 Å². The van der Waals surface area contributed by atoms with Gasteiger partial charge < -0.3 is 10.2 Å². The monoisotopic (exact) mass is 585 g/mol. The number of benzene rings is 1. The molecule has 5 nitrogen and oxygen atoms in total. The number of rotatable bonds is 8. The molecule has 0 radical (unpaired) electrons. The van der Waals surface area contributed by atoms with Crippen molar-refractivity contribution in [2.24, 2.45) is 0 Å². The molecule has 41 heavy (non-hydrogen) atoms. The van der Waals surface area contributed by atoms with Crippen LogP contribution in [-0.2, 0) is 4.79 Å². The number of anilines is 1. The molecule has 1 saturated carbocycles. The van der Waals surface area contributed by atoms with Gasteiger partial charge in [-0.05, 0) is 63.2 Å². The van der Waals surface area contributed by atoms with Gasteiger partial charge in [-0.3, -0.25) is 9.69 Å². The lowest BCUT2D eigenvalue weighted by Gasteiger charge is -2.39. The Hall–Kier alpha value is -3.24. The molecular weight excluding hydrogens is 548 g/mol. The lowest BCUT2D eigenvalue weighted by Crippen LogP contribution is -2.57. The number of alkyl halides is 5. The van der Waals surface area contributed by atoms with E-state index in [0.29, 0.717) is 32.4 Å². The first-order valence-electron chi connectivity index (χ1n) is 14.0. The van der Waals surface area contributed by atoms with Crippen molar-refractivity contribution >= 4 is 17.6 Å². The summed E-state index contributed by atoms with van der Waals surface area (Å²) in [5.41, 5.74) is -2.08. The Labute approximate surface area is 236 Å². The third-order valence-electron chi connectivity index (χ3n) is 7.29. The van der Waals surface area contributed by atoms with Gasteiger partial charge in [-0.25, -0.2) is 18.0 Å². The Kier molecular flexibility index (Phi) is 11.1. The highest BCUT2D eigenvalue weighted by Crippen LogP contribution is 2.37. The quantitative estimate of drug-likeness (QED) is 0.251. The van der Waals surface area contributed by atoms with Gasteiger partial charge in [0.05, 0.1) is 11.3 Å². The predicted molar refractivity (Wildman–Crippen MR) is 146 cm³/mol. The van der Waals surface area contributed by atoms with Crippen molar-refractivity contribution in [1.29, 1.82) is 0 Å². The molecule has 1 aliphatic carbocycles. The molecule has 0 spiro atoms. The second kappa shape index (κ2) is 14.1. The van der Waals surface area contributed by atoms with E-state index >= 15 is 4.39 Å². The molecule has 0 aromatic heterocycles. The van der Waals surface area contributed by atoms with Crippen LogP contribution in [0.3, 0.4) is 0 Å². The minimum Gasteiger partial charge on any atom is -0.351 e. The molecule has 1 saturated heterocycles. The number of likely N-dealkylation sites (tertiary alicyclic amines) is 1. The standard InChI is InChI=1S/C30H37F6N3O2/c1-3-5-12-22(23(11-4-2)30(34,35)36)26(27(40)37-21-15-17-29(32,33)18-16-21)39(25-14-8-7-13-24(25)31)28(41)38-19-9-6-10-20-38/h4-5,7-8,11-14,21,26H,3,6,9-10,15-20H2,1-2H3,(H,37,40)/b11-4-,12-5+,23-22-. The van der Waals surface area contributed by atoms with Gasteiger partial charge in [0.1, 0.15) is 11.9 Å². The maximum atomic E-state index is 15.3. The molecular formula is C30H37F6N3O2. The number of allylic oxidation sites excluding steroid dienone is 4. The summed E-state index contributed by atoms with van der Waals surface area (Å²) >= 11 is 0. The van der Waals surface area contributed by atoms with Crippen LogP contribution in [0.4, 0.5) is 36.8 Å². The molecule has 1 aromatic rings. The number of carbonyl (C=O) groups excluding carboxylic acids is 2. The molecule has 1 aromatic carbocycles. The van der Waals surface area contributed by atoms with E-state index in [1.807, 2.05) is 0 Å². The van der Waals surface area contributed by atoms with Crippen molar-refractivity contribution in [3.8, 4) is 0 Å². The molecule has 226 valence electrons. The normalized spacial score (nSPS) is 19.8. The summed E-state index contributed by atoms with van der Waals surface area (Å²) in [4.78, 5) is 30.3. The summed E-state index contributed by atoms with van der Waals surface area (Å²) in [7, 11) is 0. The Balaban J connectivity index is 2.26. The van der Waals surface area contributed by atoms with Crippen LogP contribution in [-0.4, -0.2) is 54.1 Å². The first kappa shape index (κ1) is 32.3. The average Bonchev–Trinajstić information content (AvgIpc) is 2.93. The molecule has 2 aliphatic rings. The van der Waals surface area contributed by atoms with Crippen LogP contribution in [0.25, 0.3) is 0 Å². The van der Waals surface area contributed by atoms with Crippen molar-refractivity contribution in [2.45, 2.75) is 89.4 Å². The van der Waals surface area contributed by atoms with E-state index in [9.17, 15) is 31.5 Å². The van der Waals surface area contributed by atoms with Crippen molar-refractivity contribution in [3.63, 3.8) is 0 Å². The Morgan fingerprint density at radius 3 is 2.29 bits per heavy atom. The highest BCUT2D eigenvalue weighted by molar-refractivity contribution is 6.02. The number of halogens is 6. The zero-order chi connectivity index (χ0) is 30.2. The Bertz CT molecular complexity index is 1150. The van der Waals surface area contributed by atoms with Crippen molar-refractivity contribution in [3.05, 3.63) is 65.5 Å². The fraction of sp³-hybridized carbons (Fsp3) is 0.533. The van der Waals surface area contributed by atoms with Gasteiger partial charge >= 0.3 is 12.2 Å². The molecule has 11 heteroatoms. The van der Waals surface area contributed by atoms with Crippen LogP contribution in [0, 0.1) is 5.82 Å². The van der Waals surface area contributed by atoms with Crippen molar-refractivity contribution in [1.82, 2.24) is 10.2 Å². The zero-order valence-electron chi connectivity index (χ0n) is 23.3. The first-order chi connectivity index (χ1) is 19.4. The molecule has 1 heterocycles. The lowest BCUT2D eigenvalue weighted by atomic mass is 9.91. The zero-order valence-corrected chi connectivity index (χ0v) is 23.3. The van der Waals surface area contributed by atoms with Crippen LogP contribution in [0.5, 0.6) is 0 Å². The highest BCUT2D eigenvalue weighted by Gasteiger charge is 2.44. The third-order valence-corrected chi connectivity index (χ3v) is 7.29. The second-order valence-electron chi connectivity index (χ2n) is 10.4. The van der Waals surface area contributed by atoms with Crippen molar-refractivity contribution in [2.75, 3.05) is 18.0 Å². The number of urea groups is 1. The number of para-hydroxylation sites is 1. The number of hydrogen-bond acceptors (Lipinski definition) is 2. The minimum absolute atomic E-state index is 0.0872. The van der Waals surface area contributed by atoms with Crippen LogP contribution in [0.15, 0.2) is 59.7 Å². The summed E-state index contributed by atoms with van der Waals surface area (Å²) in [5.74, 6) is -4.80. The van der Waals surface area contributed by atoms with Gasteiger partial charge in [-0.15, -0.1) is 0 Å². The summed E-state index contributed by atoms with van der Waals surface area (Å²) in [5, 5.41) is 2.62. The fourth-order valence-corrected chi connectivity index (χ4v) is 5.19. The molecule has 1 unspecified atom stereocenters. The largest absolute Gasteiger partial charge is 0.416 e. The summed E-state index contributed by atoms with van der Waals surface area (Å²) in [6.07, 6.45) is 0.920. The Morgan fingerprint density at radius 1 is 1.10 bits per heavy atom. The number of piperidine rings is 1. The molecule has 1 aliphatic heterocycles. The minimum atomic E-state index is -4.93. The van der Waals surface area contributed by atoms with E-state index in [-0.39, 0.29) is 18.5 Å². The topological polar surface area (TPSA) is 52.7 Å². The second-order valence-corrected chi connectivity index (χ2v) is 10.4. The van der Waals surface area contributed by atoms with E-state index in [2.05, 4.69) is 5.32 Å². The van der Waals surface area contributed by atoms with Crippen molar-refractivity contribution < 1.29 is 35.9 Å². The molecule has 1 N–H and O–H groups in total. The van der Waals surface area contributed by atoms with Crippen LogP contribution < -0.4 is 10.2 Å². The van der Waals surface area contributed by atoms with E-state index < -0.39 is 65.9 Å². The van der Waals surface area contributed by atoms with Gasteiger partial charge in [-0.2, -0.15) is 13.2 Å². The predicted octanol–water partition coefficient (Wildman–Crippen LogP) is 7.70. The van der Waals surface area contributed by atoms with Crippen LogP contribution in [0.2, 0.25) is 0 Å². The molecule has 2 fully saturated rings. The van der Waals surface area contributed by atoms with E-state index in [0.717, 1.165) is 29.5 Å². The maximum absolute atomic E-state index is 15.3. The van der Waals surface area contributed by atoms with Gasteiger partial charge in [0.2, 0.25) is 11.8 Å². The molecule has 3 rings (SSSR count). The fourth-order valence-electron chi connectivity index (χ4n) is 5.19. The highest BCUT2D eigenvalue weighted by atomic mass is 19.4. The summed E-state index contributed by atoms with van der Waals surface area (Å²) in [6.45, 7) is 3.67. The number of hydrogen-bond donors (Lipinski definition) is 1. The number of amides is 3. The SMILES string of the molecule is C\C=C/C(=C(\C=C\CC)C(C(=O)NC1CCC(F)(F)CC1)N(C(=O)N1CCCCC1)c1ccccc1F)C(F)(F)F. The number of carbonyl (C=O) groups is 2. The smallest absolute Gasteiger partial charge is 0.351 e. The average molecular weight is 586 g/mol. The maximum Gasteiger partial charge on any atom is 0.416 e. The number of nitrogens with zero attached hydrogens (tertiary/aromatic N) is 2. The van der Waals surface area contributed by atoms with Crippen LogP contribution >= 0.6 is 0 Å². The van der Waals surface area contributed by atoms with Gasteiger partial charge in [0, 0.05) is 32.0 Å². The van der Waals surface area contributed by atoms with E-state index in [1.165, 1.54) is 42.2 Å². The number of nitrogens with one attached hydrogen (secondary N) is 1. The first-order valence-corrected chi connectivity index (χ1v) is 14.0. The Morgan fingerprint density at radius 2 is 1.73 bits per heavy atom.